The summed E-state index contributed by atoms with van der Waals surface area (Å²) in [6.07, 6.45) is 3.82. The molecule has 1 aliphatic heterocycles. The first-order valence-electron chi connectivity index (χ1n) is 7.50. The Hall–Kier alpha value is -1.87. The zero-order valence-electron chi connectivity index (χ0n) is 12.3. The predicted molar refractivity (Wildman–Crippen MR) is 83.0 cm³/mol. The smallest absolute Gasteiger partial charge is 0.163 e. The van der Waals surface area contributed by atoms with Crippen molar-refractivity contribution >= 4 is 16.6 Å². The van der Waals surface area contributed by atoms with Gasteiger partial charge in [-0.2, -0.15) is 0 Å². The minimum Gasteiger partial charge on any atom is -0.496 e. The minimum absolute atomic E-state index is 0.185. The van der Waals surface area contributed by atoms with E-state index in [0.717, 1.165) is 48.0 Å². The molecule has 3 nitrogen and oxygen atoms in total. The van der Waals surface area contributed by atoms with Gasteiger partial charge in [-0.05, 0) is 36.8 Å². The maximum Gasteiger partial charge on any atom is 0.163 e. The summed E-state index contributed by atoms with van der Waals surface area (Å²) in [4.78, 5) is 12.5. The van der Waals surface area contributed by atoms with Crippen molar-refractivity contribution in [3.8, 4) is 5.75 Å². The Balaban J connectivity index is 1.84. The van der Waals surface area contributed by atoms with Crippen LogP contribution in [0.5, 0.6) is 5.75 Å². The van der Waals surface area contributed by atoms with Crippen LogP contribution in [0, 0.1) is 0 Å². The average Bonchev–Trinajstić information content (AvgIpc) is 3.05. The zero-order chi connectivity index (χ0) is 14.7. The van der Waals surface area contributed by atoms with Crippen molar-refractivity contribution in [2.75, 3.05) is 13.7 Å². The van der Waals surface area contributed by atoms with Gasteiger partial charge in [0.25, 0.3) is 0 Å². The number of fused-ring (bicyclic) bond motifs is 1. The van der Waals surface area contributed by atoms with Crippen molar-refractivity contribution in [1.82, 2.24) is 0 Å². The van der Waals surface area contributed by atoms with Crippen LogP contribution in [0.2, 0.25) is 0 Å². The normalized spacial score (nSPS) is 18.0. The van der Waals surface area contributed by atoms with Crippen LogP contribution in [0.15, 0.2) is 36.4 Å². The van der Waals surface area contributed by atoms with E-state index in [-0.39, 0.29) is 11.9 Å². The molecular weight excluding hydrogens is 264 g/mol. The molecule has 1 atom stereocenters. The van der Waals surface area contributed by atoms with E-state index < -0.39 is 0 Å². The third-order valence-corrected chi connectivity index (χ3v) is 4.12. The van der Waals surface area contributed by atoms with Crippen LogP contribution in [0.25, 0.3) is 10.8 Å². The quantitative estimate of drug-likeness (QED) is 0.779. The molecule has 3 heteroatoms. The number of rotatable bonds is 5. The lowest BCUT2D eigenvalue weighted by Crippen LogP contribution is -2.09. The number of hydrogen-bond donors (Lipinski definition) is 0. The van der Waals surface area contributed by atoms with Crippen LogP contribution in [0.4, 0.5) is 0 Å². The number of carbonyl (C=O) groups excluding carboxylic acids is 1. The van der Waals surface area contributed by atoms with Crippen molar-refractivity contribution in [1.29, 1.82) is 0 Å². The highest BCUT2D eigenvalue weighted by Crippen LogP contribution is 2.29. The monoisotopic (exact) mass is 284 g/mol. The molecule has 2 aromatic rings. The lowest BCUT2D eigenvalue weighted by molar-refractivity contribution is 0.0860. The lowest BCUT2D eigenvalue weighted by atomic mass is 9.97. The molecule has 110 valence electrons. The second kappa shape index (κ2) is 6.27. The molecule has 0 aliphatic carbocycles. The van der Waals surface area contributed by atoms with Crippen LogP contribution in [-0.4, -0.2) is 25.6 Å². The summed E-state index contributed by atoms with van der Waals surface area (Å²) in [5, 5.41) is 1.96. The molecule has 1 fully saturated rings. The van der Waals surface area contributed by atoms with Gasteiger partial charge in [-0.15, -0.1) is 0 Å². The highest BCUT2D eigenvalue weighted by Gasteiger charge is 2.18. The van der Waals surface area contributed by atoms with E-state index in [2.05, 4.69) is 0 Å². The molecule has 0 amide bonds. The highest BCUT2D eigenvalue weighted by atomic mass is 16.5. The second-order valence-corrected chi connectivity index (χ2v) is 5.46. The third-order valence-electron chi connectivity index (χ3n) is 4.12. The Labute approximate surface area is 124 Å². The molecule has 0 saturated carbocycles. The van der Waals surface area contributed by atoms with Crippen LogP contribution in [0.3, 0.4) is 0 Å². The number of benzene rings is 2. The summed E-state index contributed by atoms with van der Waals surface area (Å²) in [5.41, 5.74) is 0.782. The molecule has 1 heterocycles. The number of methoxy groups -OCH3 is 1. The molecule has 1 aliphatic rings. The molecule has 0 N–H and O–H groups in total. The molecule has 21 heavy (non-hydrogen) atoms. The number of Topliss-reactive ketones (excluding diaryl/α,β-unsaturated/α-hetero) is 1. The van der Waals surface area contributed by atoms with E-state index in [1.54, 1.807) is 7.11 Å². The number of hydrogen-bond acceptors (Lipinski definition) is 3. The van der Waals surface area contributed by atoms with Gasteiger partial charge in [-0.3, -0.25) is 4.79 Å². The highest BCUT2D eigenvalue weighted by molar-refractivity contribution is 6.09. The molecule has 0 spiro atoms. The number of carbonyl (C=O) groups is 1. The maximum atomic E-state index is 12.5. The average molecular weight is 284 g/mol. The number of ketones is 1. The van der Waals surface area contributed by atoms with Gasteiger partial charge in [0.15, 0.2) is 5.78 Å². The summed E-state index contributed by atoms with van der Waals surface area (Å²) < 4.78 is 11.0. The summed E-state index contributed by atoms with van der Waals surface area (Å²) in [5.74, 6) is 0.991. The van der Waals surface area contributed by atoms with Gasteiger partial charge in [-0.1, -0.05) is 24.3 Å². The summed E-state index contributed by atoms with van der Waals surface area (Å²) >= 11 is 0. The molecular formula is C18H20O3. The SMILES string of the molecule is COc1ccc(C(=O)CCC2CCCO2)c2ccccc12. The van der Waals surface area contributed by atoms with Gasteiger partial charge in [0.1, 0.15) is 5.75 Å². The van der Waals surface area contributed by atoms with Crippen molar-refractivity contribution in [2.45, 2.75) is 31.8 Å². The van der Waals surface area contributed by atoms with Gasteiger partial charge in [-0.25, -0.2) is 0 Å². The predicted octanol–water partition coefficient (Wildman–Crippen LogP) is 3.99. The molecule has 0 radical (unpaired) electrons. The lowest BCUT2D eigenvalue weighted by Gasteiger charge is -2.11. The van der Waals surface area contributed by atoms with Crippen molar-refractivity contribution in [3.63, 3.8) is 0 Å². The fourth-order valence-electron chi connectivity index (χ4n) is 2.99. The van der Waals surface area contributed by atoms with Crippen LogP contribution in [0.1, 0.15) is 36.0 Å². The van der Waals surface area contributed by atoms with E-state index in [1.807, 2.05) is 36.4 Å². The van der Waals surface area contributed by atoms with Gasteiger partial charge in [0, 0.05) is 24.0 Å². The Kier molecular flexibility index (Phi) is 4.20. The molecule has 3 rings (SSSR count). The Morgan fingerprint density at radius 3 is 2.76 bits per heavy atom. The van der Waals surface area contributed by atoms with E-state index in [0.29, 0.717) is 6.42 Å². The second-order valence-electron chi connectivity index (χ2n) is 5.46. The van der Waals surface area contributed by atoms with Crippen molar-refractivity contribution < 1.29 is 14.3 Å². The fraction of sp³-hybridized carbons (Fsp3) is 0.389. The topological polar surface area (TPSA) is 35.5 Å². The molecule has 0 bridgehead atoms. The first-order chi connectivity index (χ1) is 10.3. The molecule has 2 aromatic carbocycles. The zero-order valence-corrected chi connectivity index (χ0v) is 12.3. The van der Waals surface area contributed by atoms with Crippen LogP contribution < -0.4 is 4.74 Å². The van der Waals surface area contributed by atoms with Gasteiger partial charge in [0.05, 0.1) is 13.2 Å². The first kappa shape index (κ1) is 14.1. The van der Waals surface area contributed by atoms with Gasteiger partial charge < -0.3 is 9.47 Å². The van der Waals surface area contributed by atoms with E-state index in [1.165, 1.54) is 0 Å². The fourth-order valence-corrected chi connectivity index (χ4v) is 2.99. The molecule has 1 saturated heterocycles. The minimum atomic E-state index is 0.185. The van der Waals surface area contributed by atoms with Crippen molar-refractivity contribution in [3.05, 3.63) is 42.0 Å². The third kappa shape index (κ3) is 2.93. The standard InChI is InChI=1S/C18H20O3/c1-20-18-11-9-15(14-6-2-3-7-16(14)18)17(19)10-8-13-5-4-12-21-13/h2-3,6-7,9,11,13H,4-5,8,10,12H2,1H3. The van der Waals surface area contributed by atoms with E-state index in [9.17, 15) is 4.79 Å². The van der Waals surface area contributed by atoms with E-state index in [4.69, 9.17) is 9.47 Å². The Bertz CT molecular complexity index is 642. The maximum absolute atomic E-state index is 12.5. The van der Waals surface area contributed by atoms with Crippen LogP contribution in [-0.2, 0) is 4.74 Å². The Morgan fingerprint density at radius 1 is 1.24 bits per heavy atom. The Morgan fingerprint density at radius 2 is 2.05 bits per heavy atom. The van der Waals surface area contributed by atoms with E-state index >= 15 is 0 Å². The van der Waals surface area contributed by atoms with Crippen LogP contribution >= 0.6 is 0 Å². The van der Waals surface area contributed by atoms with Gasteiger partial charge >= 0.3 is 0 Å². The number of ether oxygens (including phenoxy) is 2. The summed E-state index contributed by atoms with van der Waals surface area (Å²) in [6.45, 7) is 0.838. The van der Waals surface area contributed by atoms with Gasteiger partial charge in [0.2, 0.25) is 0 Å². The summed E-state index contributed by atoms with van der Waals surface area (Å²) in [7, 11) is 1.65. The summed E-state index contributed by atoms with van der Waals surface area (Å²) in [6, 6.07) is 11.6. The first-order valence-corrected chi connectivity index (χ1v) is 7.50. The molecule has 0 aromatic heterocycles. The largest absolute Gasteiger partial charge is 0.496 e. The molecule has 1 unspecified atom stereocenters. The van der Waals surface area contributed by atoms with Crippen molar-refractivity contribution in [2.24, 2.45) is 0 Å².